The van der Waals surface area contributed by atoms with E-state index in [2.05, 4.69) is 21.4 Å². The molecule has 134 valence electrons. The minimum atomic E-state index is 0.225. The van der Waals surface area contributed by atoms with Crippen molar-refractivity contribution < 1.29 is 4.74 Å². The van der Waals surface area contributed by atoms with Gasteiger partial charge in [0.05, 0.1) is 11.1 Å². The average molecular weight is 368 g/mol. The van der Waals surface area contributed by atoms with Crippen LogP contribution in [0.15, 0.2) is 55.1 Å². The van der Waals surface area contributed by atoms with E-state index in [1.54, 1.807) is 12.4 Å². The number of ether oxygens (including phenoxy) is 1. The minimum absolute atomic E-state index is 0.225. The van der Waals surface area contributed by atoms with Crippen LogP contribution in [0, 0.1) is 0 Å². The van der Waals surface area contributed by atoms with Gasteiger partial charge in [0, 0.05) is 42.8 Å². The van der Waals surface area contributed by atoms with Gasteiger partial charge in [-0.2, -0.15) is 0 Å². The van der Waals surface area contributed by atoms with Crippen LogP contribution < -0.4 is 10.1 Å². The lowest BCUT2D eigenvalue weighted by Crippen LogP contribution is -2.36. The number of hydrogen-bond acceptors (Lipinski definition) is 4. The van der Waals surface area contributed by atoms with E-state index in [-0.39, 0.29) is 6.10 Å². The average Bonchev–Trinajstić information content (AvgIpc) is 2.69. The second-order valence-corrected chi connectivity index (χ2v) is 7.25. The fourth-order valence-corrected chi connectivity index (χ4v) is 3.72. The largest absolute Gasteiger partial charge is 0.489 e. The molecule has 1 fully saturated rings. The van der Waals surface area contributed by atoms with Gasteiger partial charge in [0.15, 0.2) is 0 Å². The molecule has 0 radical (unpaired) electrons. The Morgan fingerprint density at radius 1 is 1.00 bits per heavy atom. The first-order chi connectivity index (χ1) is 12.8. The summed E-state index contributed by atoms with van der Waals surface area (Å²) < 4.78 is 6.22. The van der Waals surface area contributed by atoms with Crippen LogP contribution in [-0.4, -0.2) is 22.1 Å². The number of aromatic nitrogens is 2. The molecule has 2 heterocycles. The molecule has 4 nitrogen and oxygen atoms in total. The zero-order chi connectivity index (χ0) is 17.8. The van der Waals surface area contributed by atoms with Gasteiger partial charge in [-0.25, -0.2) is 0 Å². The maximum Gasteiger partial charge on any atom is 0.138 e. The third-order valence-corrected chi connectivity index (χ3v) is 5.27. The smallest absolute Gasteiger partial charge is 0.138 e. The number of benzene rings is 1. The van der Waals surface area contributed by atoms with Crippen LogP contribution in [0.2, 0.25) is 5.02 Å². The molecule has 1 aromatic carbocycles. The maximum atomic E-state index is 6.40. The number of nitrogens with zero attached hydrogens (tertiary/aromatic N) is 2. The van der Waals surface area contributed by atoms with E-state index in [9.17, 15) is 0 Å². The quantitative estimate of drug-likeness (QED) is 0.706. The molecule has 1 saturated carbocycles. The summed E-state index contributed by atoms with van der Waals surface area (Å²) in [5.74, 6) is 0.775. The zero-order valence-electron chi connectivity index (χ0n) is 14.6. The molecule has 0 bridgehead atoms. The first-order valence-electron chi connectivity index (χ1n) is 9.10. The summed E-state index contributed by atoms with van der Waals surface area (Å²) in [6, 6.07) is 10.6. The molecular formula is C21H22ClN3O. The molecule has 26 heavy (non-hydrogen) atoms. The SMILES string of the molecule is Clc1cc2cnccc2cc1O[C@H]1CC[C@H](NCc2cccnc2)CC1. The molecule has 4 rings (SSSR count). The van der Waals surface area contributed by atoms with Crippen molar-refractivity contribution in [1.29, 1.82) is 0 Å². The molecule has 5 heteroatoms. The fourth-order valence-electron chi connectivity index (χ4n) is 3.51. The number of pyridine rings is 2. The van der Waals surface area contributed by atoms with Gasteiger partial charge >= 0.3 is 0 Å². The molecule has 0 aliphatic heterocycles. The van der Waals surface area contributed by atoms with Crippen LogP contribution in [-0.2, 0) is 6.54 Å². The van der Waals surface area contributed by atoms with Gasteiger partial charge in [0.25, 0.3) is 0 Å². The van der Waals surface area contributed by atoms with Crippen molar-refractivity contribution in [2.24, 2.45) is 0 Å². The second kappa shape index (κ2) is 8.02. The van der Waals surface area contributed by atoms with Crippen molar-refractivity contribution in [2.75, 3.05) is 0 Å². The highest BCUT2D eigenvalue weighted by atomic mass is 35.5. The van der Waals surface area contributed by atoms with E-state index >= 15 is 0 Å². The molecule has 2 aromatic heterocycles. The molecule has 1 N–H and O–H groups in total. The Bertz CT molecular complexity index is 864. The predicted octanol–water partition coefficient (Wildman–Crippen LogP) is 4.76. The highest BCUT2D eigenvalue weighted by Crippen LogP contribution is 2.32. The van der Waals surface area contributed by atoms with E-state index in [1.807, 2.05) is 36.7 Å². The predicted molar refractivity (Wildman–Crippen MR) is 105 cm³/mol. The van der Waals surface area contributed by atoms with E-state index in [0.717, 1.165) is 48.8 Å². The molecule has 0 amide bonds. The molecule has 1 aliphatic carbocycles. The normalized spacial score (nSPS) is 20.2. The van der Waals surface area contributed by atoms with Crippen molar-refractivity contribution >= 4 is 22.4 Å². The van der Waals surface area contributed by atoms with Crippen molar-refractivity contribution in [1.82, 2.24) is 15.3 Å². The Morgan fingerprint density at radius 3 is 2.65 bits per heavy atom. The van der Waals surface area contributed by atoms with Crippen LogP contribution in [0.3, 0.4) is 0 Å². The van der Waals surface area contributed by atoms with Gasteiger partial charge in [-0.05, 0) is 60.9 Å². The number of fused-ring (bicyclic) bond motifs is 1. The summed E-state index contributed by atoms with van der Waals surface area (Å²) in [5.41, 5.74) is 1.23. The number of hydrogen-bond donors (Lipinski definition) is 1. The van der Waals surface area contributed by atoms with Crippen LogP contribution in [0.25, 0.3) is 10.8 Å². The van der Waals surface area contributed by atoms with E-state index in [4.69, 9.17) is 16.3 Å². The lowest BCUT2D eigenvalue weighted by Gasteiger charge is -2.30. The van der Waals surface area contributed by atoms with Crippen LogP contribution in [0.5, 0.6) is 5.75 Å². The summed E-state index contributed by atoms with van der Waals surface area (Å²) in [6.07, 6.45) is 11.9. The maximum absolute atomic E-state index is 6.40. The Labute approximate surface area is 158 Å². The van der Waals surface area contributed by atoms with Gasteiger partial charge in [0.1, 0.15) is 5.75 Å². The molecule has 0 spiro atoms. The first-order valence-corrected chi connectivity index (χ1v) is 9.48. The molecule has 0 saturated heterocycles. The minimum Gasteiger partial charge on any atom is -0.489 e. The fraction of sp³-hybridized carbons (Fsp3) is 0.333. The van der Waals surface area contributed by atoms with E-state index in [0.29, 0.717) is 11.1 Å². The number of nitrogens with one attached hydrogen (secondary N) is 1. The summed E-state index contributed by atoms with van der Waals surface area (Å²) in [6.45, 7) is 0.870. The first kappa shape index (κ1) is 17.3. The second-order valence-electron chi connectivity index (χ2n) is 6.84. The highest BCUT2D eigenvalue weighted by Gasteiger charge is 2.23. The number of halogens is 1. The molecule has 3 aromatic rings. The van der Waals surface area contributed by atoms with E-state index < -0.39 is 0 Å². The van der Waals surface area contributed by atoms with Gasteiger partial charge in [-0.1, -0.05) is 17.7 Å². The van der Waals surface area contributed by atoms with Gasteiger partial charge < -0.3 is 10.1 Å². The van der Waals surface area contributed by atoms with Crippen molar-refractivity contribution in [2.45, 2.75) is 44.4 Å². The standard InChI is InChI=1S/C21H22ClN3O/c22-20-10-17-14-24-9-7-16(17)11-21(20)26-19-5-3-18(4-6-19)25-13-15-2-1-8-23-12-15/h1-2,7-12,14,18-19,25H,3-6,13H2/t18-,19-. The molecular weight excluding hydrogens is 346 g/mol. The Kier molecular flexibility index (Phi) is 5.32. The molecule has 1 aliphatic rings. The van der Waals surface area contributed by atoms with Crippen molar-refractivity contribution in [3.63, 3.8) is 0 Å². The Balaban J connectivity index is 1.32. The lowest BCUT2D eigenvalue weighted by molar-refractivity contribution is 0.139. The van der Waals surface area contributed by atoms with Crippen LogP contribution in [0.4, 0.5) is 0 Å². The van der Waals surface area contributed by atoms with E-state index in [1.165, 1.54) is 5.56 Å². The monoisotopic (exact) mass is 367 g/mol. The summed E-state index contributed by atoms with van der Waals surface area (Å²) in [7, 11) is 0. The van der Waals surface area contributed by atoms with Crippen molar-refractivity contribution in [3.8, 4) is 5.75 Å². The summed E-state index contributed by atoms with van der Waals surface area (Å²) >= 11 is 6.40. The Morgan fingerprint density at radius 2 is 1.85 bits per heavy atom. The van der Waals surface area contributed by atoms with Crippen LogP contribution >= 0.6 is 11.6 Å². The van der Waals surface area contributed by atoms with Crippen LogP contribution in [0.1, 0.15) is 31.2 Å². The third kappa shape index (κ3) is 4.14. The summed E-state index contributed by atoms with van der Waals surface area (Å²) in [4.78, 5) is 8.30. The molecule has 0 unspecified atom stereocenters. The zero-order valence-corrected chi connectivity index (χ0v) is 15.3. The highest BCUT2D eigenvalue weighted by molar-refractivity contribution is 6.32. The van der Waals surface area contributed by atoms with Gasteiger partial charge in [0.2, 0.25) is 0 Å². The van der Waals surface area contributed by atoms with Crippen molar-refractivity contribution in [3.05, 3.63) is 65.7 Å². The third-order valence-electron chi connectivity index (χ3n) is 4.98. The van der Waals surface area contributed by atoms with Gasteiger partial charge in [-0.3, -0.25) is 9.97 Å². The topological polar surface area (TPSA) is 47.0 Å². The lowest BCUT2D eigenvalue weighted by atomic mass is 9.92. The number of rotatable bonds is 5. The summed E-state index contributed by atoms with van der Waals surface area (Å²) in [5, 5.41) is 6.42. The molecule has 0 atom stereocenters. The Hall–Kier alpha value is -2.17. The van der Waals surface area contributed by atoms with Gasteiger partial charge in [-0.15, -0.1) is 0 Å².